The number of carbonyl (C=O) groups excluding carboxylic acids is 1. The molecule has 0 spiro atoms. The van der Waals surface area contributed by atoms with Crippen molar-refractivity contribution in [2.24, 2.45) is 5.92 Å². The third-order valence-corrected chi connectivity index (χ3v) is 5.06. The van der Waals surface area contributed by atoms with Crippen molar-refractivity contribution in [1.29, 1.82) is 0 Å². The summed E-state index contributed by atoms with van der Waals surface area (Å²) in [5, 5.41) is 3.43. The van der Waals surface area contributed by atoms with Gasteiger partial charge in [0.2, 0.25) is 5.91 Å². The van der Waals surface area contributed by atoms with E-state index in [0.29, 0.717) is 11.9 Å². The van der Waals surface area contributed by atoms with Crippen LogP contribution in [0.2, 0.25) is 0 Å². The molecule has 0 aromatic carbocycles. The molecular weight excluding hydrogens is 236 g/mol. The van der Waals surface area contributed by atoms with Crippen LogP contribution >= 0.6 is 0 Å². The molecule has 1 aliphatic heterocycles. The summed E-state index contributed by atoms with van der Waals surface area (Å²) in [6, 6.07) is 0.705. The molecule has 0 aromatic heterocycles. The van der Waals surface area contributed by atoms with Crippen LogP contribution < -0.4 is 5.32 Å². The molecule has 108 valence electrons. The molecule has 1 saturated heterocycles. The lowest BCUT2D eigenvalue weighted by atomic mass is 9.88. The van der Waals surface area contributed by atoms with E-state index in [4.69, 9.17) is 0 Å². The maximum atomic E-state index is 12.7. The van der Waals surface area contributed by atoms with E-state index >= 15 is 0 Å². The number of amides is 1. The van der Waals surface area contributed by atoms with Gasteiger partial charge in [-0.3, -0.25) is 4.79 Å². The van der Waals surface area contributed by atoms with E-state index in [1.807, 2.05) is 0 Å². The topological polar surface area (TPSA) is 32.3 Å². The molecule has 1 atom stereocenters. The van der Waals surface area contributed by atoms with Gasteiger partial charge in [0.1, 0.15) is 0 Å². The molecule has 1 N–H and O–H groups in total. The second-order valence-corrected chi connectivity index (χ2v) is 6.73. The van der Waals surface area contributed by atoms with Crippen molar-refractivity contribution in [3.05, 3.63) is 0 Å². The Balaban J connectivity index is 1.57. The number of nitrogens with one attached hydrogen (secondary N) is 1. The minimum absolute atomic E-state index is 0.123. The van der Waals surface area contributed by atoms with Gasteiger partial charge in [-0.15, -0.1) is 0 Å². The van der Waals surface area contributed by atoms with Crippen LogP contribution in [0.5, 0.6) is 0 Å². The minimum Gasteiger partial charge on any atom is -0.338 e. The summed E-state index contributed by atoms with van der Waals surface area (Å²) in [5.74, 6) is 1.19. The maximum Gasteiger partial charge on any atom is 0.239 e. The first-order valence-electron chi connectivity index (χ1n) is 8.38. The molecule has 3 rings (SSSR count). The monoisotopic (exact) mass is 264 g/mol. The first kappa shape index (κ1) is 13.4. The smallest absolute Gasteiger partial charge is 0.239 e. The number of carbonyl (C=O) groups is 1. The van der Waals surface area contributed by atoms with Gasteiger partial charge in [0.15, 0.2) is 0 Å². The summed E-state index contributed by atoms with van der Waals surface area (Å²) in [6.45, 7) is 2.07. The summed E-state index contributed by atoms with van der Waals surface area (Å²) in [4.78, 5) is 15.0. The number of rotatable bonds is 4. The maximum absolute atomic E-state index is 12.7. The zero-order valence-electron chi connectivity index (χ0n) is 12.1. The van der Waals surface area contributed by atoms with Crippen molar-refractivity contribution < 1.29 is 4.79 Å². The van der Waals surface area contributed by atoms with E-state index in [1.54, 1.807) is 0 Å². The second kappa shape index (κ2) is 6.25. The highest BCUT2D eigenvalue weighted by Gasteiger charge is 2.37. The van der Waals surface area contributed by atoms with Crippen molar-refractivity contribution in [1.82, 2.24) is 10.2 Å². The normalized spacial score (nSPS) is 29.2. The summed E-state index contributed by atoms with van der Waals surface area (Å²) >= 11 is 0. The average Bonchev–Trinajstić information content (AvgIpc) is 3.31. The summed E-state index contributed by atoms with van der Waals surface area (Å²) in [7, 11) is 0. The Morgan fingerprint density at radius 1 is 0.947 bits per heavy atom. The van der Waals surface area contributed by atoms with Crippen LogP contribution in [0.4, 0.5) is 0 Å². The van der Waals surface area contributed by atoms with Crippen molar-refractivity contribution in [2.45, 2.75) is 76.3 Å². The van der Waals surface area contributed by atoms with Gasteiger partial charge < -0.3 is 10.2 Å². The molecule has 0 radical (unpaired) electrons. The largest absolute Gasteiger partial charge is 0.338 e. The SMILES string of the molecule is O=C([C@@H]1CCCCN1)N(CC1CCCCC1)C1CC1. The predicted octanol–water partition coefficient (Wildman–Crippen LogP) is 2.70. The van der Waals surface area contributed by atoms with Crippen LogP contribution in [0, 0.1) is 5.92 Å². The Morgan fingerprint density at radius 3 is 2.32 bits per heavy atom. The molecule has 0 unspecified atom stereocenters. The number of piperidine rings is 1. The fourth-order valence-electron chi connectivity index (χ4n) is 3.72. The molecule has 2 aliphatic carbocycles. The van der Waals surface area contributed by atoms with Crippen LogP contribution in [-0.2, 0) is 4.79 Å². The van der Waals surface area contributed by atoms with Crippen molar-refractivity contribution in [2.75, 3.05) is 13.1 Å². The lowest BCUT2D eigenvalue weighted by Crippen LogP contribution is -2.50. The summed E-state index contributed by atoms with van der Waals surface area (Å²) in [6.07, 6.45) is 12.8. The van der Waals surface area contributed by atoms with E-state index in [-0.39, 0.29) is 6.04 Å². The first-order chi connectivity index (χ1) is 9.34. The molecule has 1 amide bonds. The highest BCUT2D eigenvalue weighted by molar-refractivity contribution is 5.82. The van der Waals surface area contributed by atoms with E-state index < -0.39 is 0 Å². The number of nitrogens with zero attached hydrogens (tertiary/aromatic N) is 1. The molecule has 1 heterocycles. The molecule has 19 heavy (non-hydrogen) atoms. The molecule has 3 aliphatic rings. The zero-order chi connectivity index (χ0) is 13.1. The minimum atomic E-state index is 0.123. The lowest BCUT2D eigenvalue weighted by Gasteiger charge is -2.34. The summed E-state index contributed by atoms with van der Waals surface area (Å²) in [5.41, 5.74) is 0. The number of hydrogen-bond donors (Lipinski definition) is 1. The molecular formula is C16H28N2O. The van der Waals surface area contributed by atoms with Gasteiger partial charge in [-0.25, -0.2) is 0 Å². The van der Waals surface area contributed by atoms with Crippen LogP contribution in [0.15, 0.2) is 0 Å². The molecule has 0 aromatic rings. The van der Waals surface area contributed by atoms with E-state index in [1.165, 1.54) is 57.8 Å². The molecule has 3 nitrogen and oxygen atoms in total. The average molecular weight is 264 g/mol. The van der Waals surface area contributed by atoms with Gasteiger partial charge in [-0.1, -0.05) is 25.7 Å². The van der Waals surface area contributed by atoms with E-state index in [2.05, 4.69) is 10.2 Å². The third kappa shape index (κ3) is 3.50. The van der Waals surface area contributed by atoms with Crippen LogP contribution in [0.3, 0.4) is 0 Å². The molecule has 3 heteroatoms. The van der Waals surface area contributed by atoms with Crippen LogP contribution in [0.25, 0.3) is 0 Å². The molecule has 3 fully saturated rings. The van der Waals surface area contributed by atoms with Crippen LogP contribution in [0.1, 0.15) is 64.2 Å². The van der Waals surface area contributed by atoms with Gasteiger partial charge in [0.25, 0.3) is 0 Å². The van der Waals surface area contributed by atoms with Gasteiger partial charge in [0, 0.05) is 12.6 Å². The quantitative estimate of drug-likeness (QED) is 0.846. The van der Waals surface area contributed by atoms with Crippen molar-refractivity contribution >= 4 is 5.91 Å². The Bertz CT molecular complexity index is 302. The Kier molecular flexibility index (Phi) is 4.42. The fourth-order valence-corrected chi connectivity index (χ4v) is 3.72. The highest BCUT2D eigenvalue weighted by atomic mass is 16.2. The van der Waals surface area contributed by atoms with Crippen LogP contribution in [-0.4, -0.2) is 36.0 Å². The first-order valence-corrected chi connectivity index (χ1v) is 8.38. The van der Waals surface area contributed by atoms with Gasteiger partial charge in [0.05, 0.1) is 6.04 Å². The number of hydrogen-bond acceptors (Lipinski definition) is 2. The Labute approximate surface area is 117 Å². The third-order valence-electron chi connectivity index (χ3n) is 5.06. The lowest BCUT2D eigenvalue weighted by molar-refractivity contribution is -0.135. The van der Waals surface area contributed by atoms with Crippen molar-refractivity contribution in [3.63, 3.8) is 0 Å². The van der Waals surface area contributed by atoms with Gasteiger partial charge in [-0.05, 0) is 51.0 Å². The molecule has 0 bridgehead atoms. The summed E-state index contributed by atoms with van der Waals surface area (Å²) < 4.78 is 0. The van der Waals surface area contributed by atoms with Crippen molar-refractivity contribution in [3.8, 4) is 0 Å². The predicted molar refractivity (Wildman–Crippen MR) is 77.0 cm³/mol. The van der Waals surface area contributed by atoms with E-state index in [0.717, 1.165) is 25.4 Å². The van der Waals surface area contributed by atoms with E-state index in [9.17, 15) is 4.79 Å². The molecule has 2 saturated carbocycles. The second-order valence-electron chi connectivity index (χ2n) is 6.73. The Hall–Kier alpha value is -0.570. The fraction of sp³-hybridized carbons (Fsp3) is 0.938. The zero-order valence-corrected chi connectivity index (χ0v) is 12.1. The standard InChI is InChI=1S/C16H28N2O/c19-16(15-8-4-5-11-17-15)18(14-9-10-14)12-13-6-2-1-3-7-13/h13-15,17H,1-12H2/t15-/m0/s1. The van der Waals surface area contributed by atoms with Gasteiger partial charge >= 0.3 is 0 Å². The van der Waals surface area contributed by atoms with Gasteiger partial charge in [-0.2, -0.15) is 0 Å². The highest BCUT2D eigenvalue weighted by Crippen LogP contribution is 2.32. The Morgan fingerprint density at radius 2 is 1.68 bits per heavy atom.